The third-order valence-electron chi connectivity index (χ3n) is 3.16. The van der Waals surface area contributed by atoms with Crippen molar-refractivity contribution in [2.75, 3.05) is 0 Å². The van der Waals surface area contributed by atoms with E-state index in [1.54, 1.807) is 6.07 Å². The summed E-state index contributed by atoms with van der Waals surface area (Å²) >= 11 is 0. The van der Waals surface area contributed by atoms with Gasteiger partial charge in [0.25, 0.3) is 0 Å². The van der Waals surface area contributed by atoms with Crippen LogP contribution in [0, 0.1) is 12.3 Å². The molecule has 84 valence electrons. The van der Waals surface area contributed by atoms with Gasteiger partial charge >= 0.3 is 0 Å². The first-order valence-corrected chi connectivity index (χ1v) is 5.72. The molecule has 2 nitrogen and oxygen atoms in total. The van der Waals surface area contributed by atoms with E-state index in [0.29, 0.717) is 17.8 Å². The maximum absolute atomic E-state index is 9.73. The van der Waals surface area contributed by atoms with E-state index in [1.807, 2.05) is 6.07 Å². The van der Waals surface area contributed by atoms with Crippen LogP contribution >= 0.6 is 0 Å². The van der Waals surface area contributed by atoms with Gasteiger partial charge in [0.2, 0.25) is 0 Å². The minimum atomic E-state index is 0.322. The molecule has 0 saturated heterocycles. The molecule has 0 saturated carbocycles. The number of nitrogens with one attached hydrogen (secondary N) is 1. The molecule has 0 amide bonds. The van der Waals surface area contributed by atoms with Gasteiger partial charge < -0.3 is 10.4 Å². The van der Waals surface area contributed by atoms with Crippen molar-refractivity contribution in [3.63, 3.8) is 0 Å². The Kier molecular flexibility index (Phi) is 3.17. The van der Waals surface area contributed by atoms with Crippen LogP contribution in [-0.2, 0) is 6.42 Å². The lowest BCUT2D eigenvalue weighted by Gasteiger charge is -2.18. The largest absolute Gasteiger partial charge is 0.508 e. The first kappa shape index (κ1) is 11.0. The average molecular weight is 215 g/mol. The van der Waals surface area contributed by atoms with Crippen molar-refractivity contribution in [3.8, 4) is 18.1 Å². The highest BCUT2D eigenvalue weighted by molar-refractivity contribution is 5.44. The molecule has 0 fully saturated rings. The van der Waals surface area contributed by atoms with Crippen LogP contribution in [-0.4, -0.2) is 11.1 Å². The topological polar surface area (TPSA) is 32.3 Å². The molecule has 1 aliphatic carbocycles. The quantitative estimate of drug-likeness (QED) is 0.759. The molecule has 0 aliphatic heterocycles. The fourth-order valence-electron chi connectivity index (χ4n) is 2.39. The Hall–Kier alpha value is -1.46. The van der Waals surface area contributed by atoms with Crippen molar-refractivity contribution in [1.82, 2.24) is 5.32 Å². The van der Waals surface area contributed by atoms with Crippen molar-refractivity contribution in [2.24, 2.45) is 0 Å². The molecule has 0 aromatic heterocycles. The number of aromatic hydroxyl groups is 1. The van der Waals surface area contributed by atoms with E-state index >= 15 is 0 Å². The van der Waals surface area contributed by atoms with Gasteiger partial charge in [-0.1, -0.05) is 12.1 Å². The third-order valence-corrected chi connectivity index (χ3v) is 3.16. The number of benzene rings is 1. The first-order chi connectivity index (χ1) is 7.72. The minimum absolute atomic E-state index is 0.322. The lowest BCUT2D eigenvalue weighted by molar-refractivity contribution is 0.459. The normalized spacial score (nSPS) is 20.1. The number of fused-ring (bicyclic) bond motifs is 1. The summed E-state index contributed by atoms with van der Waals surface area (Å²) in [6, 6.07) is 6.41. The highest BCUT2D eigenvalue weighted by Crippen LogP contribution is 2.36. The van der Waals surface area contributed by atoms with Gasteiger partial charge in [0, 0.05) is 18.5 Å². The highest BCUT2D eigenvalue weighted by Gasteiger charge is 2.25. The Morgan fingerprint density at radius 2 is 2.44 bits per heavy atom. The molecular weight excluding hydrogens is 198 g/mol. The predicted octanol–water partition coefficient (Wildman–Crippen LogP) is 2.38. The summed E-state index contributed by atoms with van der Waals surface area (Å²) in [6.45, 7) is 2.10. The van der Waals surface area contributed by atoms with E-state index in [1.165, 1.54) is 5.56 Å². The number of phenolic OH excluding ortho intramolecular Hbond substituents is 1. The Labute approximate surface area is 96.7 Å². The maximum Gasteiger partial charge on any atom is 0.119 e. The Morgan fingerprint density at radius 3 is 3.19 bits per heavy atom. The molecule has 1 aliphatic rings. The fraction of sp³-hybridized carbons (Fsp3) is 0.429. The van der Waals surface area contributed by atoms with Gasteiger partial charge in [-0.15, -0.1) is 12.3 Å². The Balaban J connectivity index is 2.12. The van der Waals surface area contributed by atoms with Crippen LogP contribution in [0.25, 0.3) is 0 Å². The molecule has 1 aromatic carbocycles. The molecule has 2 heteroatoms. The van der Waals surface area contributed by atoms with Crippen LogP contribution in [0.15, 0.2) is 18.2 Å². The number of terminal acetylenes is 1. The second-order valence-corrected chi connectivity index (χ2v) is 4.41. The Bertz CT molecular complexity index is 419. The van der Waals surface area contributed by atoms with Crippen molar-refractivity contribution < 1.29 is 5.11 Å². The second-order valence-electron chi connectivity index (χ2n) is 4.41. The zero-order valence-electron chi connectivity index (χ0n) is 9.53. The van der Waals surface area contributed by atoms with Gasteiger partial charge in [0.1, 0.15) is 5.75 Å². The molecule has 2 unspecified atom stereocenters. The van der Waals surface area contributed by atoms with Crippen LogP contribution in [0.5, 0.6) is 5.75 Å². The average Bonchev–Trinajstić information content (AvgIpc) is 2.64. The molecule has 0 heterocycles. The monoisotopic (exact) mass is 215 g/mol. The van der Waals surface area contributed by atoms with E-state index < -0.39 is 0 Å². The summed E-state index contributed by atoms with van der Waals surface area (Å²) in [5.41, 5.74) is 2.32. The van der Waals surface area contributed by atoms with Crippen molar-refractivity contribution in [2.45, 2.75) is 38.3 Å². The fourth-order valence-corrected chi connectivity index (χ4v) is 2.39. The van der Waals surface area contributed by atoms with Gasteiger partial charge in [-0.25, -0.2) is 0 Å². The second kappa shape index (κ2) is 4.59. The molecule has 0 radical (unpaired) electrons. The summed E-state index contributed by atoms with van der Waals surface area (Å²) in [6.07, 6.45) is 8.02. The van der Waals surface area contributed by atoms with E-state index in [9.17, 15) is 5.11 Å². The van der Waals surface area contributed by atoms with Crippen LogP contribution in [0.1, 0.15) is 36.9 Å². The van der Waals surface area contributed by atoms with E-state index in [4.69, 9.17) is 6.42 Å². The lowest BCUT2D eigenvalue weighted by atomic mass is 10.1. The predicted molar refractivity (Wildman–Crippen MR) is 65.2 cm³/mol. The summed E-state index contributed by atoms with van der Waals surface area (Å²) in [5, 5.41) is 13.2. The highest BCUT2D eigenvalue weighted by atomic mass is 16.3. The smallest absolute Gasteiger partial charge is 0.119 e. The van der Waals surface area contributed by atoms with Crippen LogP contribution in [0.2, 0.25) is 0 Å². The summed E-state index contributed by atoms with van der Waals surface area (Å²) in [7, 11) is 0. The summed E-state index contributed by atoms with van der Waals surface area (Å²) < 4.78 is 0. The summed E-state index contributed by atoms with van der Waals surface area (Å²) in [5.74, 6) is 3.09. The van der Waals surface area contributed by atoms with E-state index in [0.717, 1.165) is 24.8 Å². The molecule has 0 bridgehead atoms. The first-order valence-electron chi connectivity index (χ1n) is 5.72. The minimum Gasteiger partial charge on any atom is -0.508 e. The third kappa shape index (κ3) is 2.05. The van der Waals surface area contributed by atoms with Crippen molar-refractivity contribution in [3.05, 3.63) is 29.3 Å². The number of hydrogen-bond donors (Lipinski definition) is 2. The van der Waals surface area contributed by atoms with Gasteiger partial charge in [-0.3, -0.25) is 0 Å². The van der Waals surface area contributed by atoms with Crippen LogP contribution in [0.3, 0.4) is 0 Å². The van der Waals surface area contributed by atoms with Crippen LogP contribution < -0.4 is 5.32 Å². The summed E-state index contributed by atoms with van der Waals surface area (Å²) in [4.78, 5) is 0. The van der Waals surface area contributed by atoms with Gasteiger partial charge in [-0.2, -0.15) is 0 Å². The van der Waals surface area contributed by atoms with Crippen molar-refractivity contribution >= 4 is 0 Å². The SMILES string of the molecule is C#CCC(C)NC1CCc2c(O)cccc21. The number of rotatable bonds is 3. The van der Waals surface area contributed by atoms with Gasteiger partial charge in [-0.05, 0) is 37.0 Å². The maximum atomic E-state index is 9.73. The van der Waals surface area contributed by atoms with E-state index in [-0.39, 0.29) is 0 Å². The zero-order chi connectivity index (χ0) is 11.5. The zero-order valence-corrected chi connectivity index (χ0v) is 9.53. The van der Waals surface area contributed by atoms with Gasteiger partial charge in [0.05, 0.1) is 0 Å². The molecular formula is C14H17NO. The molecule has 1 aromatic rings. The van der Waals surface area contributed by atoms with Crippen LogP contribution in [0.4, 0.5) is 0 Å². The molecule has 2 rings (SSSR count). The number of phenols is 1. The molecule has 2 atom stereocenters. The lowest BCUT2D eigenvalue weighted by Crippen LogP contribution is -2.28. The van der Waals surface area contributed by atoms with E-state index in [2.05, 4.69) is 24.2 Å². The molecule has 0 spiro atoms. The standard InChI is InChI=1S/C14H17NO/c1-3-5-10(2)15-13-9-8-12-11(13)6-4-7-14(12)16/h1,4,6-7,10,13,15-16H,5,8-9H2,2H3. The van der Waals surface area contributed by atoms with Crippen molar-refractivity contribution in [1.29, 1.82) is 0 Å². The molecule has 2 N–H and O–H groups in total. The van der Waals surface area contributed by atoms with Gasteiger partial charge in [0.15, 0.2) is 0 Å². The number of hydrogen-bond acceptors (Lipinski definition) is 2. The Morgan fingerprint density at radius 1 is 1.62 bits per heavy atom. The molecule has 16 heavy (non-hydrogen) atoms.